The van der Waals surface area contributed by atoms with Crippen LogP contribution >= 0.6 is 34.8 Å². The van der Waals surface area contributed by atoms with E-state index < -0.39 is 0 Å². The second-order valence-electron chi connectivity index (χ2n) is 1.67. The molecule has 0 nitrogen and oxygen atoms in total. The monoisotopic (exact) mass is 181 g/mol. The first kappa shape index (κ1) is 7.46. The molecule has 0 aliphatic heterocycles. The van der Waals surface area contributed by atoms with E-state index >= 15 is 0 Å². The first-order valence-electron chi connectivity index (χ1n) is 2.45. The minimum Gasteiger partial charge on any atom is -0.0875 e. The Morgan fingerprint density at radius 2 is 1.89 bits per heavy atom. The van der Waals surface area contributed by atoms with E-state index in [9.17, 15) is 0 Å². The molecule has 0 aromatic carbocycles. The van der Waals surface area contributed by atoms with Gasteiger partial charge in [-0.2, -0.15) is 0 Å². The van der Waals surface area contributed by atoms with Gasteiger partial charge in [-0.05, 0) is 12.8 Å². The van der Waals surface area contributed by atoms with Crippen LogP contribution in [0.15, 0.2) is 21.2 Å². The smallest absolute Gasteiger partial charge is 0.0734 e. The topological polar surface area (TPSA) is 0 Å². The molecule has 3 heteroatoms. The van der Waals surface area contributed by atoms with Gasteiger partial charge in [0.15, 0.2) is 0 Å². The summed E-state index contributed by atoms with van der Waals surface area (Å²) in [6.07, 6.45) is 4.31. The molecule has 1 aliphatic carbocycles. The summed E-state index contributed by atoms with van der Waals surface area (Å²) in [6.45, 7) is 0. The third-order valence-corrected chi connectivity index (χ3v) is 2.29. The summed E-state index contributed by atoms with van der Waals surface area (Å²) in [5.41, 5.74) is 0. The van der Waals surface area contributed by atoms with Crippen molar-refractivity contribution < 1.29 is 0 Å². The van der Waals surface area contributed by atoms with E-state index in [1.165, 1.54) is 0 Å². The third-order valence-electron chi connectivity index (χ3n) is 1.01. The maximum atomic E-state index is 5.65. The average Bonchev–Trinajstić information content (AvgIpc) is 1.83. The van der Waals surface area contributed by atoms with Crippen LogP contribution in [0.3, 0.4) is 0 Å². The van der Waals surface area contributed by atoms with Crippen LogP contribution in [0.25, 0.3) is 0 Å². The molecule has 49 valence electrons. The zero-order valence-electron chi connectivity index (χ0n) is 4.50. The quantitative estimate of drug-likeness (QED) is 0.539. The Morgan fingerprint density at radius 1 is 1.22 bits per heavy atom. The molecule has 1 radical (unpaired) electrons. The molecule has 0 aromatic heterocycles. The fourth-order valence-corrected chi connectivity index (χ4v) is 1.14. The van der Waals surface area contributed by atoms with Crippen LogP contribution in [-0.4, -0.2) is 0 Å². The zero-order chi connectivity index (χ0) is 6.85. The van der Waals surface area contributed by atoms with E-state index in [2.05, 4.69) is 0 Å². The largest absolute Gasteiger partial charge is 0.0875 e. The van der Waals surface area contributed by atoms with E-state index in [-0.39, 0.29) is 0 Å². The van der Waals surface area contributed by atoms with Gasteiger partial charge in [-0.1, -0.05) is 40.9 Å². The van der Waals surface area contributed by atoms with Crippen LogP contribution in [0.4, 0.5) is 0 Å². The first-order chi connectivity index (χ1) is 4.22. The summed E-state index contributed by atoms with van der Waals surface area (Å²) >= 11 is 16.9. The van der Waals surface area contributed by atoms with Crippen molar-refractivity contribution in [3.05, 3.63) is 27.6 Å². The van der Waals surface area contributed by atoms with Gasteiger partial charge in [-0.15, -0.1) is 0 Å². The molecule has 1 aliphatic rings. The van der Waals surface area contributed by atoms with Gasteiger partial charge in [0.2, 0.25) is 0 Å². The van der Waals surface area contributed by atoms with E-state index in [0.29, 0.717) is 21.5 Å². The normalized spacial score (nSPS) is 20.1. The third kappa shape index (κ3) is 1.64. The van der Waals surface area contributed by atoms with Crippen molar-refractivity contribution in [1.82, 2.24) is 0 Å². The molecule has 0 fully saturated rings. The van der Waals surface area contributed by atoms with Crippen molar-refractivity contribution in [3.8, 4) is 0 Å². The van der Waals surface area contributed by atoms with Crippen molar-refractivity contribution >= 4 is 34.8 Å². The predicted molar refractivity (Wildman–Crippen MR) is 41.6 cm³/mol. The van der Waals surface area contributed by atoms with Gasteiger partial charge in [-0.25, -0.2) is 0 Å². The molecule has 0 bridgehead atoms. The fraction of sp³-hybridized carbons (Fsp3) is 0.167. The second-order valence-corrected chi connectivity index (χ2v) is 2.91. The molecular weight excluding hydrogens is 178 g/mol. The number of halogens is 3. The zero-order valence-corrected chi connectivity index (χ0v) is 6.76. The van der Waals surface area contributed by atoms with E-state index in [0.717, 1.165) is 0 Å². The highest BCUT2D eigenvalue weighted by Gasteiger charge is 2.09. The standard InChI is InChI=1S/C6H4Cl3/c7-4-2-1-3-5(8)6(4)9/h1-2H,3H2. The van der Waals surface area contributed by atoms with Crippen molar-refractivity contribution in [2.24, 2.45) is 0 Å². The summed E-state index contributed by atoms with van der Waals surface area (Å²) in [4.78, 5) is 0. The van der Waals surface area contributed by atoms with Crippen LogP contribution in [0.1, 0.15) is 6.42 Å². The fourth-order valence-electron chi connectivity index (χ4n) is 0.558. The Bertz CT molecular complexity index is 179. The summed E-state index contributed by atoms with van der Waals surface area (Å²) in [6, 6.07) is 0. The van der Waals surface area contributed by atoms with Gasteiger partial charge in [0, 0.05) is 5.03 Å². The number of allylic oxidation sites excluding steroid dienone is 4. The molecule has 0 unspecified atom stereocenters. The van der Waals surface area contributed by atoms with Crippen LogP contribution in [-0.2, 0) is 0 Å². The van der Waals surface area contributed by atoms with Crippen LogP contribution in [0.2, 0.25) is 0 Å². The number of hydrogen-bond donors (Lipinski definition) is 0. The molecule has 0 amide bonds. The van der Waals surface area contributed by atoms with Crippen molar-refractivity contribution in [1.29, 1.82) is 0 Å². The molecule has 0 atom stereocenters. The first-order valence-corrected chi connectivity index (χ1v) is 3.58. The maximum absolute atomic E-state index is 5.65. The van der Waals surface area contributed by atoms with Crippen molar-refractivity contribution in [3.63, 3.8) is 0 Å². The van der Waals surface area contributed by atoms with Crippen molar-refractivity contribution in [2.45, 2.75) is 6.42 Å². The highest BCUT2D eigenvalue weighted by Crippen LogP contribution is 2.31. The Hall–Kier alpha value is 0.350. The van der Waals surface area contributed by atoms with Crippen LogP contribution < -0.4 is 0 Å². The Morgan fingerprint density at radius 3 is 2.33 bits per heavy atom. The average molecular weight is 182 g/mol. The molecule has 0 heterocycles. The lowest BCUT2D eigenvalue weighted by Gasteiger charge is -2.06. The minimum absolute atomic E-state index is 0.473. The van der Waals surface area contributed by atoms with Gasteiger partial charge < -0.3 is 0 Å². The summed E-state index contributed by atoms with van der Waals surface area (Å²) in [7, 11) is 0. The molecule has 0 saturated heterocycles. The van der Waals surface area contributed by atoms with Crippen LogP contribution in [0.5, 0.6) is 0 Å². The Kier molecular flexibility index (Phi) is 2.45. The van der Waals surface area contributed by atoms with E-state index in [1.54, 1.807) is 6.08 Å². The maximum Gasteiger partial charge on any atom is 0.0734 e. The highest BCUT2D eigenvalue weighted by molar-refractivity contribution is 6.48. The molecule has 0 aromatic rings. The van der Waals surface area contributed by atoms with Gasteiger partial charge in [0.05, 0.1) is 10.1 Å². The lowest BCUT2D eigenvalue weighted by molar-refractivity contribution is 1.22. The molecule has 9 heavy (non-hydrogen) atoms. The Balaban J connectivity index is 2.88. The SMILES string of the molecule is ClC1=C[CH]CC(Cl)=C1Cl. The van der Waals surface area contributed by atoms with Crippen molar-refractivity contribution in [2.75, 3.05) is 0 Å². The lowest BCUT2D eigenvalue weighted by Crippen LogP contribution is -1.87. The van der Waals surface area contributed by atoms with Crippen LogP contribution in [0, 0.1) is 6.42 Å². The van der Waals surface area contributed by atoms with Gasteiger partial charge in [0.25, 0.3) is 0 Å². The van der Waals surface area contributed by atoms with Gasteiger partial charge in [-0.3, -0.25) is 0 Å². The minimum atomic E-state index is 0.473. The number of hydrogen-bond acceptors (Lipinski definition) is 0. The molecule has 0 N–H and O–H groups in total. The number of rotatable bonds is 0. The summed E-state index contributed by atoms with van der Waals surface area (Å²) < 4.78 is 0. The highest BCUT2D eigenvalue weighted by atomic mass is 35.5. The van der Waals surface area contributed by atoms with Gasteiger partial charge >= 0.3 is 0 Å². The molecule has 0 spiro atoms. The molecule has 0 saturated carbocycles. The Labute approximate surface area is 69.1 Å². The second kappa shape index (κ2) is 2.96. The summed E-state index contributed by atoms with van der Waals surface area (Å²) in [5.74, 6) is 0. The predicted octanol–water partition coefficient (Wildman–Crippen LogP) is 3.41. The van der Waals surface area contributed by atoms with E-state index in [4.69, 9.17) is 34.8 Å². The van der Waals surface area contributed by atoms with E-state index in [1.807, 2.05) is 6.42 Å². The molecule has 1 rings (SSSR count). The lowest BCUT2D eigenvalue weighted by atomic mass is 10.2. The summed E-state index contributed by atoms with van der Waals surface area (Å²) in [5, 5.41) is 1.61. The molecular formula is C6H4Cl3. The van der Waals surface area contributed by atoms with Gasteiger partial charge in [0.1, 0.15) is 0 Å².